The van der Waals surface area contributed by atoms with Crippen LogP contribution in [0.15, 0.2) is 52.9 Å². The van der Waals surface area contributed by atoms with Crippen molar-refractivity contribution < 1.29 is 23.7 Å². The van der Waals surface area contributed by atoms with Gasteiger partial charge in [-0.2, -0.15) is 0 Å². The van der Waals surface area contributed by atoms with Crippen LogP contribution in [0.3, 0.4) is 0 Å². The predicted molar refractivity (Wildman–Crippen MR) is 132 cm³/mol. The Balaban J connectivity index is 1.60. The number of aliphatic hydroxyl groups is 1. The van der Waals surface area contributed by atoms with Crippen LogP contribution in [0.2, 0.25) is 5.02 Å². The topological polar surface area (TPSA) is 86.8 Å². The van der Waals surface area contributed by atoms with Gasteiger partial charge in [-0.25, -0.2) is 0 Å². The SMILES string of the molecule is CCOC(c1ccc(-c2nnc(C)s2)cc1)C(O)c1ccc(-c2cc(OC)c(Cl)c(OC)c2)o1. The molecule has 0 amide bonds. The maximum absolute atomic E-state index is 11.2. The standard InChI is InChI=1S/C25H25ClN2O5S/c1-5-32-24(15-6-8-16(9-7-15)25-28-27-14(2)34-25)23(29)19-11-10-18(33-19)17-12-20(30-3)22(26)21(13-17)31-4/h6-13,23-24,29H,5H2,1-4H3. The lowest BCUT2D eigenvalue weighted by molar-refractivity contribution is -0.0446. The summed E-state index contributed by atoms with van der Waals surface area (Å²) in [6.07, 6.45) is -1.62. The van der Waals surface area contributed by atoms with Gasteiger partial charge in [-0.3, -0.25) is 0 Å². The monoisotopic (exact) mass is 500 g/mol. The van der Waals surface area contributed by atoms with Gasteiger partial charge in [0, 0.05) is 17.7 Å². The van der Waals surface area contributed by atoms with E-state index in [1.165, 1.54) is 25.6 Å². The van der Waals surface area contributed by atoms with Crippen molar-refractivity contribution in [2.75, 3.05) is 20.8 Å². The summed E-state index contributed by atoms with van der Waals surface area (Å²) >= 11 is 7.81. The van der Waals surface area contributed by atoms with Gasteiger partial charge in [0.15, 0.2) is 0 Å². The Bertz CT molecular complexity index is 1230. The van der Waals surface area contributed by atoms with E-state index < -0.39 is 12.2 Å². The summed E-state index contributed by atoms with van der Waals surface area (Å²) in [4.78, 5) is 0. The number of aromatic nitrogens is 2. The third-order valence-electron chi connectivity index (χ3n) is 5.29. The molecule has 4 aromatic rings. The maximum Gasteiger partial charge on any atom is 0.147 e. The number of benzene rings is 2. The van der Waals surface area contributed by atoms with E-state index in [0.29, 0.717) is 40.2 Å². The Hall–Kier alpha value is -2.91. The van der Waals surface area contributed by atoms with Crippen molar-refractivity contribution in [2.45, 2.75) is 26.1 Å². The van der Waals surface area contributed by atoms with Crippen molar-refractivity contribution in [3.8, 4) is 33.4 Å². The van der Waals surface area contributed by atoms with Crippen molar-refractivity contribution in [2.24, 2.45) is 0 Å². The van der Waals surface area contributed by atoms with E-state index in [9.17, 15) is 5.11 Å². The van der Waals surface area contributed by atoms with E-state index in [4.69, 9.17) is 30.2 Å². The van der Waals surface area contributed by atoms with Crippen molar-refractivity contribution in [3.05, 3.63) is 69.9 Å². The molecule has 0 aliphatic carbocycles. The lowest BCUT2D eigenvalue weighted by atomic mass is 10.0. The zero-order valence-corrected chi connectivity index (χ0v) is 20.8. The highest BCUT2D eigenvalue weighted by Gasteiger charge is 2.27. The fourth-order valence-electron chi connectivity index (χ4n) is 3.61. The largest absolute Gasteiger partial charge is 0.495 e. The molecular formula is C25H25ClN2O5S. The average molecular weight is 501 g/mol. The molecule has 0 radical (unpaired) electrons. The Morgan fingerprint density at radius 3 is 2.24 bits per heavy atom. The molecule has 2 aromatic carbocycles. The first kappa shape index (κ1) is 24.2. The van der Waals surface area contributed by atoms with Crippen LogP contribution >= 0.6 is 22.9 Å². The number of rotatable bonds is 9. The second-order valence-corrected chi connectivity index (χ2v) is 9.03. The van der Waals surface area contributed by atoms with Gasteiger partial charge in [0.1, 0.15) is 50.3 Å². The molecule has 0 aliphatic rings. The summed E-state index contributed by atoms with van der Waals surface area (Å²) in [6.45, 7) is 4.24. The molecule has 2 atom stereocenters. The lowest BCUT2D eigenvalue weighted by Gasteiger charge is -2.22. The van der Waals surface area contributed by atoms with Crippen LogP contribution in [0.1, 0.15) is 35.5 Å². The summed E-state index contributed by atoms with van der Waals surface area (Å²) in [5.41, 5.74) is 2.50. The van der Waals surface area contributed by atoms with Crippen molar-refractivity contribution >= 4 is 22.9 Å². The average Bonchev–Trinajstić information content (AvgIpc) is 3.52. The van der Waals surface area contributed by atoms with Crippen LogP contribution in [0.5, 0.6) is 11.5 Å². The van der Waals surface area contributed by atoms with Crippen LogP contribution in [-0.2, 0) is 4.74 Å². The minimum absolute atomic E-state index is 0.379. The number of hydrogen-bond acceptors (Lipinski definition) is 8. The number of halogens is 1. The number of methoxy groups -OCH3 is 2. The van der Waals surface area contributed by atoms with Gasteiger partial charge in [0.2, 0.25) is 0 Å². The molecular weight excluding hydrogens is 476 g/mol. The first-order chi connectivity index (χ1) is 16.4. The summed E-state index contributed by atoms with van der Waals surface area (Å²) < 4.78 is 22.6. The lowest BCUT2D eigenvalue weighted by Crippen LogP contribution is -2.14. The maximum atomic E-state index is 11.2. The Morgan fingerprint density at radius 2 is 1.68 bits per heavy atom. The zero-order valence-electron chi connectivity index (χ0n) is 19.2. The number of furan rings is 1. The second-order valence-electron chi connectivity index (χ2n) is 7.47. The normalized spacial score (nSPS) is 13.0. The molecule has 9 heteroatoms. The van der Waals surface area contributed by atoms with Crippen LogP contribution in [-0.4, -0.2) is 36.1 Å². The fourth-order valence-corrected chi connectivity index (χ4v) is 4.57. The van der Waals surface area contributed by atoms with Crippen LogP contribution < -0.4 is 9.47 Å². The fraction of sp³-hybridized carbons (Fsp3) is 0.280. The minimum Gasteiger partial charge on any atom is -0.495 e. The summed E-state index contributed by atoms with van der Waals surface area (Å²) in [5.74, 6) is 1.85. The molecule has 178 valence electrons. The van der Waals surface area contributed by atoms with E-state index in [1.54, 1.807) is 24.3 Å². The highest BCUT2D eigenvalue weighted by Crippen LogP contribution is 2.41. The number of nitrogens with zero attached hydrogens (tertiary/aromatic N) is 2. The van der Waals surface area contributed by atoms with Gasteiger partial charge in [-0.05, 0) is 43.7 Å². The van der Waals surface area contributed by atoms with E-state index in [0.717, 1.165) is 21.1 Å². The second kappa shape index (κ2) is 10.6. The molecule has 0 saturated heterocycles. The predicted octanol–water partition coefficient (Wildman–Crippen LogP) is 6.26. The first-order valence-corrected chi connectivity index (χ1v) is 11.9. The van der Waals surface area contributed by atoms with Crippen LogP contribution in [0, 0.1) is 6.92 Å². The third-order valence-corrected chi connectivity index (χ3v) is 6.55. The highest BCUT2D eigenvalue weighted by atomic mass is 35.5. The van der Waals surface area contributed by atoms with Crippen molar-refractivity contribution in [3.63, 3.8) is 0 Å². The van der Waals surface area contributed by atoms with Crippen LogP contribution in [0.25, 0.3) is 21.9 Å². The molecule has 0 aliphatic heterocycles. The quantitative estimate of drug-likeness (QED) is 0.290. The Kier molecular flexibility index (Phi) is 7.53. The molecule has 4 rings (SSSR count). The molecule has 0 fully saturated rings. The van der Waals surface area contributed by atoms with Gasteiger partial charge < -0.3 is 23.7 Å². The molecule has 2 unspecified atom stereocenters. The molecule has 0 bridgehead atoms. The van der Waals surface area contributed by atoms with E-state index in [-0.39, 0.29) is 0 Å². The van der Waals surface area contributed by atoms with Gasteiger partial charge >= 0.3 is 0 Å². The number of aliphatic hydroxyl groups excluding tert-OH is 1. The third kappa shape index (κ3) is 4.95. The number of aryl methyl sites for hydroxylation is 1. The summed E-state index contributed by atoms with van der Waals surface area (Å²) in [5, 5.41) is 21.5. The van der Waals surface area contributed by atoms with Gasteiger partial charge in [-0.1, -0.05) is 47.2 Å². The Labute approximate surface area is 206 Å². The molecule has 2 aromatic heterocycles. The molecule has 2 heterocycles. The molecule has 34 heavy (non-hydrogen) atoms. The number of ether oxygens (including phenoxy) is 3. The van der Waals surface area contributed by atoms with Crippen molar-refractivity contribution in [1.82, 2.24) is 10.2 Å². The van der Waals surface area contributed by atoms with Gasteiger partial charge in [0.05, 0.1) is 14.2 Å². The van der Waals surface area contributed by atoms with Crippen molar-refractivity contribution in [1.29, 1.82) is 0 Å². The number of hydrogen-bond donors (Lipinski definition) is 1. The molecule has 0 spiro atoms. The summed E-state index contributed by atoms with van der Waals surface area (Å²) in [6, 6.07) is 14.8. The van der Waals surface area contributed by atoms with Gasteiger partial charge in [0.25, 0.3) is 0 Å². The smallest absolute Gasteiger partial charge is 0.147 e. The zero-order chi connectivity index (χ0) is 24.2. The molecule has 7 nitrogen and oxygen atoms in total. The van der Waals surface area contributed by atoms with E-state index >= 15 is 0 Å². The van der Waals surface area contributed by atoms with Crippen LogP contribution in [0.4, 0.5) is 0 Å². The molecule has 1 N–H and O–H groups in total. The van der Waals surface area contributed by atoms with E-state index in [1.807, 2.05) is 38.1 Å². The first-order valence-electron chi connectivity index (χ1n) is 10.7. The highest BCUT2D eigenvalue weighted by molar-refractivity contribution is 7.14. The van der Waals surface area contributed by atoms with E-state index in [2.05, 4.69) is 10.2 Å². The summed E-state index contributed by atoms with van der Waals surface area (Å²) in [7, 11) is 3.07. The minimum atomic E-state index is -1.01. The van der Waals surface area contributed by atoms with Gasteiger partial charge in [-0.15, -0.1) is 10.2 Å². The molecule has 0 saturated carbocycles. The Morgan fingerprint density at radius 1 is 1.00 bits per heavy atom.